The number of carboxylic acid groups (broad SMARTS) is 1. The van der Waals surface area contributed by atoms with Crippen molar-refractivity contribution in [2.24, 2.45) is 0 Å². The van der Waals surface area contributed by atoms with E-state index in [1.165, 1.54) is 12.1 Å². The Balaban J connectivity index is 0.00000392. The third-order valence-corrected chi connectivity index (χ3v) is 4.66. The zero-order chi connectivity index (χ0) is 20.0. The minimum Gasteiger partial charge on any atom is -0.480 e. The summed E-state index contributed by atoms with van der Waals surface area (Å²) >= 11 is 0. The molecule has 1 aliphatic rings. The predicted molar refractivity (Wildman–Crippen MR) is 102 cm³/mol. The standard InChI is InChI=1S/C18H24F3N3O3.ClH/c1-2-24(12-17(26)27)15-6-8-23(9-7-15)11-16(25)22-14-5-3-4-13(10-14)18(19,20)21;/h3-5,10,15H,2,6-9,11-12H2,1H3,(H,22,25)(H,26,27);1H. The number of carbonyl (C=O) groups excluding carboxylic acids is 1. The fourth-order valence-corrected chi connectivity index (χ4v) is 3.29. The van der Waals surface area contributed by atoms with Crippen LogP contribution in [0.15, 0.2) is 24.3 Å². The van der Waals surface area contributed by atoms with Crippen molar-refractivity contribution in [3.8, 4) is 0 Å². The second-order valence-electron chi connectivity index (χ2n) is 6.59. The lowest BCUT2D eigenvalue weighted by Gasteiger charge is -2.37. The highest BCUT2D eigenvalue weighted by molar-refractivity contribution is 5.92. The van der Waals surface area contributed by atoms with E-state index in [1.807, 2.05) is 16.7 Å². The Morgan fingerprint density at radius 3 is 2.46 bits per heavy atom. The summed E-state index contributed by atoms with van der Waals surface area (Å²) in [6.07, 6.45) is -2.96. The fourth-order valence-electron chi connectivity index (χ4n) is 3.29. The van der Waals surface area contributed by atoms with E-state index >= 15 is 0 Å². The van der Waals surface area contributed by atoms with Gasteiger partial charge in [0.1, 0.15) is 0 Å². The van der Waals surface area contributed by atoms with Crippen LogP contribution in [0.1, 0.15) is 25.3 Å². The number of likely N-dealkylation sites (N-methyl/N-ethyl adjacent to an activating group) is 1. The molecule has 10 heteroatoms. The maximum absolute atomic E-state index is 12.7. The molecule has 1 aliphatic heterocycles. The van der Waals surface area contributed by atoms with Gasteiger partial charge in [0, 0.05) is 24.8 Å². The fraction of sp³-hybridized carbons (Fsp3) is 0.556. The maximum atomic E-state index is 12.7. The minimum absolute atomic E-state index is 0. The Bertz CT molecular complexity index is 665. The van der Waals surface area contributed by atoms with E-state index in [9.17, 15) is 22.8 Å². The zero-order valence-corrected chi connectivity index (χ0v) is 16.4. The van der Waals surface area contributed by atoms with Crippen molar-refractivity contribution in [3.05, 3.63) is 29.8 Å². The first kappa shape index (κ1) is 24.2. The number of likely N-dealkylation sites (tertiary alicyclic amines) is 1. The first-order chi connectivity index (χ1) is 12.7. The number of hydrogen-bond donors (Lipinski definition) is 2. The largest absolute Gasteiger partial charge is 0.480 e. The molecule has 28 heavy (non-hydrogen) atoms. The Morgan fingerprint density at radius 2 is 1.93 bits per heavy atom. The van der Waals surface area contributed by atoms with Gasteiger partial charge in [0.05, 0.1) is 18.7 Å². The van der Waals surface area contributed by atoms with E-state index in [0.29, 0.717) is 19.6 Å². The number of amides is 1. The van der Waals surface area contributed by atoms with Gasteiger partial charge in [-0.15, -0.1) is 12.4 Å². The number of aliphatic carboxylic acids is 1. The topological polar surface area (TPSA) is 72.9 Å². The summed E-state index contributed by atoms with van der Waals surface area (Å²) < 4.78 is 38.2. The lowest BCUT2D eigenvalue weighted by molar-refractivity contribution is -0.139. The lowest BCUT2D eigenvalue weighted by atomic mass is 10.0. The van der Waals surface area contributed by atoms with Crippen LogP contribution in [-0.2, 0) is 15.8 Å². The second-order valence-corrected chi connectivity index (χ2v) is 6.59. The second kappa shape index (κ2) is 10.6. The maximum Gasteiger partial charge on any atom is 0.416 e. The SMILES string of the molecule is CCN(CC(=O)O)C1CCN(CC(=O)Nc2cccc(C(F)(F)F)c2)CC1.Cl. The number of benzene rings is 1. The van der Waals surface area contributed by atoms with Gasteiger partial charge in [0.2, 0.25) is 5.91 Å². The lowest BCUT2D eigenvalue weighted by Crippen LogP contribution is -2.48. The molecule has 0 spiro atoms. The van der Waals surface area contributed by atoms with Crippen LogP contribution in [0.25, 0.3) is 0 Å². The summed E-state index contributed by atoms with van der Waals surface area (Å²) in [6, 6.07) is 4.70. The molecule has 1 aromatic carbocycles. The molecule has 0 atom stereocenters. The molecule has 0 aromatic heterocycles. The highest BCUT2D eigenvalue weighted by atomic mass is 35.5. The highest BCUT2D eigenvalue weighted by Gasteiger charge is 2.30. The molecule has 1 fully saturated rings. The number of alkyl halides is 3. The van der Waals surface area contributed by atoms with Gasteiger partial charge < -0.3 is 10.4 Å². The van der Waals surface area contributed by atoms with Crippen molar-refractivity contribution < 1.29 is 27.9 Å². The molecular formula is C18H25ClF3N3O3. The summed E-state index contributed by atoms with van der Waals surface area (Å²) in [4.78, 5) is 26.9. The van der Waals surface area contributed by atoms with Gasteiger partial charge >= 0.3 is 12.1 Å². The summed E-state index contributed by atoms with van der Waals surface area (Å²) in [5, 5.41) is 11.5. The molecule has 1 amide bonds. The van der Waals surface area contributed by atoms with Gasteiger partial charge in [-0.2, -0.15) is 13.2 Å². The Kier molecular flexibility index (Phi) is 9.19. The number of anilines is 1. The number of hydrogen-bond acceptors (Lipinski definition) is 4. The number of nitrogens with zero attached hydrogens (tertiary/aromatic N) is 2. The Morgan fingerprint density at radius 1 is 1.29 bits per heavy atom. The molecule has 0 unspecified atom stereocenters. The number of rotatable bonds is 7. The Labute approximate surface area is 168 Å². The van der Waals surface area contributed by atoms with E-state index in [-0.39, 0.29) is 43.1 Å². The quantitative estimate of drug-likeness (QED) is 0.705. The third kappa shape index (κ3) is 7.29. The molecule has 0 bridgehead atoms. The number of piperidine rings is 1. The summed E-state index contributed by atoms with van der Waals surface area (Å²) in [5.74, 6) is -1.23. The average molecular weight is 424 g/mol. The van der Waals surface area contributed by atoms with Crippen LogP contribution in [0, 0.1) is 0 Å². The summed E-state index contributed by atoms with van der Waals surface area (Å²) in [7, 11) is 0. The average Bonchev–Trinajstić information content (AvgIpc) is 2.59. The van der Waals surface area contributed by atoms with Crippen molar-refractivity contribution >= 4 is 30.0 Å². The number of carbonyl (C=O) groups is 2. The molecular weight excluding hydrogens is 399 g/mol. The van der Waals surface area contributed by atoms with E-state index in [1.54, 1.807) is 0 Å². The smallest absolute Gasteiger partial charge is 0.416 e. The van der Waals surface area contributed by atoms with Crippen molar-refractivity contribution in [1.82, 2.24) is 9.80 Å². The molecule has 6 nitrogen and oxygen atoms in total. The van der Waals surface area contributed by atoms with Crippen LogP contribution in [0.4, 0.5) is 18.9 Å². The van der Waals surface area contributed by atoms with Gasteiger partial charge in [-0.05, 0) is 37.6 Å². The van der Waals surface area contributed by atoms with Gasteiger partial charge in [-0.3, -0.25) is 19.4 Å². The van der Waals surface area contributed by atoms with Gasteiger partial charge in [0.25, 0.3) is 0 Å². The number of halogens is 4. The van der Waals surface area contributed by atoms with E-state index in [4.69, 9.17) is 5.11 Å². The molecule has 0 saturated carbocycles. The molecule has 1 saturated heterocycles. The van der Waals surface area contributed by atoms with Crippen LogP contribution in [0.2, 0.25) is 0 Å². The highest BCUT2D eigenvalue weighted by Crippen LogP contribution is 2.30. The van der Waals surface area contributed by atoms with Crippen molar-refractivity contribution in [2.45, 2.75) is 32.0 Å². The van der Waals surface area contributed by atoms with Crippen LogP contribution < -0.4 is 5.32 Å². The molecule has 2 N–H and O–H groups in total. The predicted octanol–water partition coefficient (Wildman–Crippen LogP) is 2.94. The molecule has 1 heterocycles. The monoisotopic (exact) mass is 423 g/mol. The van der Waals surface area contributed by atoms with E-state index in [0.717, 1.165) is 25.0 Å². The summed E-state index contributed by atoms with van der Waals surface area (Å²) in [5.41, 5.74) is -0.692. The van der Waals surface area contributed by atoms with Crippen molar-refractivity contribution in [2.75, 3.05) is 38.0 Å². The normalized spacial score (nSPS) is 15.9. The molecule has 1 aromatic rings. The summed E-state index contributed by atoms with van der Waals surface area (Å²) in [6.45, 7) is 3.92. The third-order valence-electron chi connectivity index (χ3n) is 4.66. The first-order valence-corrected chi connectivity index (χ1v) is 8.84. The van der Waals surface area contributed by atoms with E-state index in [2.05, 4.69) is 5.32 Å². The zero-order valence-electron chi connectivity index (χ0n) is 15.5. The van der Waals surface area contributed by atoms with Crippen LogP contribution in [0.5, 0.6) is 0 Å². The van der Waals surface area contributed by atoms with Crippen LogP contribution in [0.3, 0.4) is 0 Å². The minimum atomic E-state index is -4.45. The van der Waals surface area contributed by atoms with Gasteiger partial charge in [-0.25, -0.2) is 0 Å². The van der Waals surface area contributed by atoms with Gasteiger partial charge in [-0.1, -0.05) is 13.0 Å². The molecule has 0 aliphatic carbocycles. The number of nitrogens with one attached hydrogen (secondary N) is 1. The van der Waals surface area contributed by atoms with E-state index < -0.39 is 17.7 Å². The molecule has 0 radical (unpaired) electrons. The molecule has 158 valence electrons. The van der Waals surface area contributed by atoms with Crippen LogP contribution >= 0.6 is 12.4 Å². The number of carboxylic acids is 1. The first-order valence-electron chi connectivity index (χ1n) is 8.84. The molecule has 2 rings (SSSR count). The van der Waals surface area contributed by atoms with Gasteiger partial charge in [0.15, 0.2) is 0 Å². The Hall–Kier alpha value is -1.84. The van der Waals surface area contributed by atoms with Crippen molar-refractivity contribution in [3.63, 3.8) is 0 Å². The van der Waals surface area contributed by atoms with Crippen LogP contribution in [-0.4, -0.2) is 65.5 Å². The van der Waals surface area contributed by atoms with Crippen molar-refractivity contribution in [1.29, 1.82) is 0 Å².